The number of ether oxygens (including phenoxy) is 1. The van der Waals surface area contributed by atoms with Crippen LogP contribution >= 0.6 is 0 Å². The topological polar surface area (TPSA) is 46.6 Å². The molecule has 0 radical (unpaired) electrons. The molecule has 4 rings (SSSR count). The van der Waals surface area contributed by atoms with Crippen molar-refractivity contribution in [3.8, 4) is 0 Å². The number of benzene rings is 2. The molecule has 0 saturated carbocycles. The number of amides is 1. The molecule has 0 bridgehead atoms. The lowest BCUT2D eigenvalue weighted by Crippen LogP contribution is -2.35. The fraction of sp³-hybridized carbons (Fsp3) is 0.333. The Labute approximate surface area is 188 Å². The van der Waals surface area contributed by atoms with Crippen molar-refractivity contribution in [3.63, 3.8) is 0 Å². The lowest BCUT2D eigenvalue weighted by Gasteiger charge is -2.31. The van der Waals surface area contributed by atoms with Gasteiger partial charge in [-0.25, -0.2) is 9.18 Å². The minimum absolute atomic E-state index is 0.249. The first-order chi connectivity index (χ1) is 15.1. The minimum Gasteiger partial charge on any atom is -0.459 e. The second-order valence-corrected chi connectivity index (χ2v) is 9.47. The van der Waals surface area contributed by atoms with E-state index in [1.165, 1.54) is 11.0 Å². The van der Waals surface area contributed by atoms with Crippen LogP contribution in [0.1, 0.15) is 54.7 Å². The molecule has 0 saturated heterocycles. The van der Waals surface area contributed by atoms with E-state index in [9.17, 15) is 14.0 Å². The largest absolute Gasteiger partial charge is 0.459 e. The molecule has 0 N–H and O–H groups in total. The second kappa shape index (κ2) is 8.05. The monoisotopic (exact) mass is 433 g/mol. The van der Waals surface area contributed by atoms with Crippen molar-refractivity contribution in [2.45, 2.75) is 47.1 Å². The van der Waals surface area contributed by atoms with Gasteiger partial charge in [-0.2, -0.15) is 0 Å². The molecule has 0 atom stereocenters. The van der Waals surface area contributed by atoms with Gasteiger partial charge in [0.05, 0.1) is 11.7 Å². The van der Waals surface area contributed by atoms with Crippen molar-refractivity contribution in [1.82, 2.24) is 4.90 Å². The maximum Gasteiger partial charge on any atom is 0.340 e. The molecule has 32 heavy (non-hydrogen) atoms. The summed E-state index contributed by atoms with van der Waals surface area (Å²) in [6, 6.07) is 12.6. The molecular formula is C27H28FNO3. The van der Waals surface area contributed by atoms with E-state index in [4.69, 9.17) is 4.74 Å². The van der Waals surface area contributed by atoms with Gasteiger partial charge in [0, 0.05) is 23.7 Å². The van der Waals surface area contributed by atoms with Gasteiger partial charge in [-0.1, -0.05) is 44.2 Å². The van der Waals surface area contributed by atoms with Gasteiger partial charge in [0.2, 0.25) is 0 Å². The van der Waals surface area contributed by atoms with Crippen LogP contribution in [0.15, 0.2) is 59.8 Å². The predicted octanol–water partition coefficient (Wildman–Crippen LogP) is 5.46. The molecule has 2 aromatic carbocycles. The van der Waals surface area contributed by atoms with Crippen LogP contribution in [0.4, 0.5) is 4.39 Å². The third kappa shape index (κ3) is 3.88. The third-order valence-electron chi connectivity index (χ3n) is 6.05. The molecule has 0 spiro atoms. The van der Waals surface area contributed by atoms with E-state index in [0.29, 0.717) is 24.1 Å². The van der Waals surface area contributed by atoms with E-state index in [-0.39, 0.29) is 17.6 Å². The van der Waals surface area contributed by atoms with Gasteiger partial charge in [-0.05, 0) is 67.2 Å². The van der Waals surface area contributed by atoms with Gasteiger partial charge < -0.3 is 9.64 Å². The molecule has 2 aromatic rings. The number of halogens is 1. The van der Waals surface area contributed by atoms with Gasteiger partial charge in [0.25, 0.3) is 5.91 Å². The number of carbonyl (C=O) groups is 2. The number of aryl methyl sites for hydroxylation is 1. The van der Waals surface area contributed by atoms with E-state index in [1.54, 1.807) is 39.1 Å². The highest BCUT2D eigenvalue weighted by Gasteiger charge is 2.40. The van der Waals surface area contributed by atoms with Gasteiger partial charge in [0.1, 0.15) is 5.82 Å². The summed E-state index contributed by atoms with van der Waals surface area (Å²) in [6.45, 7) is 9.76. The number of fused-ring (bicyclic) bond motifs is 2. The van der Waals surface area contributed by atoms with Gasteiger partial charge in [-0.15, -0.1) is 0 Å². The van der Waals surface area contributed by atoms with Crippen molar-refractivity contribution >= 4 is 17.4 Å². The average molecular weight is 434 g/mol. The van der Waals surface area contributed by atoms with Crippen LogP contribution in [-0.2, 0) is 16.0 Å². The summed E-state index contributed by atoms with van der Waals surface area (Å²) in [4.78, 5) is 28.1. The van der Waals surface area contributed by atoms with Gasteiger partial charge >= 0.3 is 5.97 Å². The molecule has 2 aliphatic rings. The maximum atomic E-state index is 14.2. The quantitative estimate of drug-likeness (QED) is 0.604. The molecular weight excluding hydrogens is 405 g/mol. The van der Waals surface area contributed by atoms with Crippen LogP contribution in [0.3, 0.4) is 0 Å². The normalized spacial score (nSPS) is 17.0. The third-order valence-corrected chi connectivity index (χ3v) is 6.05. The number of esters is 1. The first kappa shape index (κ1) is 22.0. The van der Waals surface area contributed by atoms with Crippen LogP contribution in [0.2, 0.25) is 0 Å². The molecule has 0 aromatic heterocycles. The number of hydrogen-bond donors (Lipinski definition) is 0. The molecule has 166 valence electrons. The van der Waals surface area contributed by atoms with E-state index >= 15 is 0 Å². The number of nitrogens with zero attached hydrogens (tertiary/aromatic N) is 1. The van der Waals surface area contributed by atoms with Crippen LogP contribution in [0.5, 0.6) is 0 Å². The summed E-state index contributed by atoms with van der Waals surface area (Å²) in [7, 11) is 0. The molecule has 5 heteroatoms. The SMILES string of the molecule is Cc1ccc(C(=O)N2C=C(C(=O)OC(C)C)C3=C(c4ccccc4C3)C(C)(C)C2)cc1F. The molecule has 4 nitrogen and oxygen atoms in total. The van der Waals surface area contributed by atoms with E-state index < -0.39 is 17.2 Å². The molecule has 1 amide bonds. The lowest BCUT2D eigenvalue weighted by atomic mass is 9.79. The maximum absolute atomic E-state index is 14.2. The average Bonchev–Trinajstić information content (AvgIpc) is 3.06. The summed E-state index contributed by atoms with van der Waals surface area (Å²) < 4.78 is 19.7. The summed E-state index contributed by atoms with van der Waals surface area (Å²) in [5.41, 5.74) is 4.90. The summed E-state index contributed by atoms with van der Waals surface area (Å²) >= 11 is 0. The van der Waals surface area contributed by atoms with Crippen molar-refractivity contribution < 1.29 is 18.7 Å². The standard InChI is InChI=1S/C27H28FNO3/c1-16(2)32-26(31)22-14-29(25(30)19-11-10-17(3)23(28)13-19)15-27(4,5)24-20-9-7-6-8-18(20)12-21(22)24/h6-11,13-14,16H,12,15H2,1-5H3. The van der Waals surface area contributed by atoms with E-state index in [0.717, 1.165) is 22.3 Å². The summed E-state index contributed by atoms with van der Waals surface area (Å²) in [5.74, 6) is -1.23. The van der Waals surface area contributed by atoms with Gasteiger partial charge in [0.15, 0.2) is 0 Å². The smallest absolute Gasteiger partial charge is 0.340 e. The molecule has 1 aliphatic heterocycles. The van der Waals surface area contributed by atoms with Crippen molar-refractivity contribution in [2.24, 2.45) is 5.41 Å². The fourth-order valence-corrected chi connectivity index (χ4v) is 4.62. The Balaban J connectivity index is 1.83. The highest BCUT2D eigenvalue weighted by atomic mass is 19.1. The lowest BCUT2D eigenvalue weighted by molar-refractivity contribution is -0.142. The first-order valence-corrected chi connectivity index (χ1v) is 10.9. The number of rotatable bonds is 3. The van der Waals surface area contributed by atoms with Crippen molar-refractivity contribution in [3.05, 3.63) is 87.9 Å². The molecule has 0 unspecified atom stereocenters. The Morgan fingerprint density at radius 1 is 1.12 bits per heavy atom. The van der Waals surface area contributed by atoms with Crippen molar-refractivity contribution in [2.75, 3.05) is 6.54 Å². The molecule has 0 fully saturated rings. The zero-order chi connectivity index (χ0) is 23.2. The minimum atomic E-state index is -0.453. The highest BCUT2D eigenvalue weighted by Crippen LogP contribution is 2.48. The Bertz CT molecular complexity index is 1170. The Hall–Kier alpha value is -3.21. The Morgan fingerprint density at radius 2 is 1.84 bits per heavy atom. The van der Waals surface area contributed by atoms with Crippen LogP contribution in [0.25, 0.3) is 5.57 Å². The zero-order valence-corrected chi connectivity index (χ0v) is 19.2. The Kier molecular flexibility index (Phi) is 5.53. The summed E-state index contributed by atoms with van der Waals surface area (Å²) in [5, 5.41) is 0. The van der Waals surface area contributed by atoms with Crippen molar-refractivity contribution in [1.29, 1.82) is 0 Å². The highest BCUT2D eigenvalue weighted by molar-refractivity contribution is 6.02. The van der Waals surface area contributed by atoms with Gasteiger partial charge in [-0.3, -0.25) is 4.79 Å². The van der Waals surface area contributed by atoms with E-state index in [2.05, 4.69) is 26.0 Å². The fourth-order valence-electron chi connectivity index (χ4n) is 4.62. The first-order valence-electron chi connectivity index (χ1n) is 10.9. The second-order valence-electron chi connectivity index (χ2n) is 9.47. The van der Waals surface area contributed by atoms with Crippen LogP contribution in [0, 0.1) is 18.2 Å². The number of carbonyl (C=O) groups excluding carboxylic acids is 2. The molecule has 1 aliphatic carbocycles. The van der Waals surface area contributed by atoms with Crippen LogP contribution in [-0.4, -0.2) is 29.4 Å². The predicted molar refractivity (Wildman–Crippen MR) is 122 cm³/mol. The molecule has 1 heterocycles. The Morgan fingerprint density at radius 3 is 2.53 bits per heavy atom. The van der Waals surface area contributed by atoms with E-state index in [1.807, 2.05) is 12.1 Å². The number of hydrogen-bond acceptors (Lipinski definition) is 3. The summed E-state index contributed by atoms with van der Waals surface area (Å²) in [6.07, 6.45) is 1.92. The van der Waals surface area contributed by atoms with Crippen LogP contribution < -0.4 is 0 Å². The zero-order valence-electron chi connectivity index (χ0n) is 19.2.